The molecule has 2 aromatic carbocycles. The van der Waals surface area contributed by atoms with E-state index in [4.69, 9.17) is 0 Å². The molecule has 7 rings (SSSR count). The number of aliphatic imine (C=N–C) groups is 1. The van der Waals surface area contributed by atoms with Crippen molar-refractivity contribution in [1.82, 2.24) is 14.8 Å². The Bertz CT molecular complexity index is 1570. The standard InChI is InChI=1S/C29H26N6O2/c1-18-6-11-24-26(13-18)34-12-4-3-5-20-7-9-21(10-8-20)28(37)35-17-23(16-30-35)25-15-22(14-19(2)31-25)27(36)33-29(34)32-24/h6-11,13-17H,3-5,12H2,1-2H3,(H,32,33,36). The van der Waals surface area contributed by atoms with E-state index in [-0.39, 0.29) is 11.8 Å². The van der Waals surface area contributed by atoms with Crippen LogP contribution in [0, 0.1) is 13.8 Å². The minimum atomic E-state index is -0.359. The number of carbonyl (C=O) groups is 2. The van der Waals surface area contributed by atoms with E-state index < -0.39 is 0 Å². The Morgan fingerprint density at radius 2 is 1.73 bits per heavy atom. The van der Waals surface area contributed by atoms with Crippen LogP contribution in [-0.2, 0) is 6.42 Å². The Labute approximate surface area is 214 Å². The molecule has 0 saturated carbocycles. The van der Waals surface area contributed by atoms with Gasteiger partial charge in [-0.3, -0.25) is 14.6 Å². The molecule has 0 fully saturated rings. The average molecular weight is 491 g/mol. The maximum atomic E-state index is 13.4. The van der Waals surface area contributed by atoms with E-state index in [1.165, 1.54) is 10.2 Å². The van der Waals surface area contributed by atoms with Gasteiger partial charge in [-0.25, -0.2) is 4.68 Å². The van der Waals surface area contributed by atoms with Gasteiger partial charge < -0.3 is 10.2 Å². The number of nitrogens with zero attached hydrogens (tertiary/aromatic N) is 5. The predicted molar refractivity (Wildman–Crippen MR) is 143 cm³/mol. The molecule has 1 N–H and O–H groups in total. The topological polar surface area (TPSA) is 92.5 Å². The molecule has 1 amide bonds. The second kappa shape index (κ2) is 9.13. The number of hydrogen-bond acceptors (Lipinski definition) is 6. The fourth-order valence-corrected chi connectivity index (χ4v) is 4.80. The lowest BCUT2D eigenvalue weighted by Gasteiger charge is -2.19. The van der Waals surface area contributed by atoms with E-state index in [0.29, 0.717) is 34.0 Å². The Balaban J connectivity index is 1.43. The molecule has 3 aliphatic rings. The lowest BCUT2D eigenvalue weighted by molar-refractivity contribution is 0.0944. The summed E-state index contributed by atoms with van der Waals surface area (Å²) in [6.07, 6.45) is 6.00. The third-order valence-electron chi connectivity index (χ3n) is 6.74. The molecule has 184 valence electrons. The number of pyridine rings is 1. The van der Waals surface area contributed by atoms with Gasteiger partial charge in [0.05, 0.1) is 23.3 Å². The zero-order valence-corrected chi connectivity index (χ0v) is 20.7. The summed E-state index contributed by atoms with van der Waals surface area (Å²) >= 11 is 0. The molecular weight excluding hydrogens is 464 g/mol. The van der Waals surface area contributed by atoms with E-state index in [1.54, 1.807) is 24.5 Å². The van der Waals surface area contributed by atoms with Crippen LogP contribution in [0.4, 0.5) is 11.4 Å². The number of amides is 1. The number of anilines is 2. The van der Waals surface area contributed by atoms with E-state index in [0.717, 1.165) is 42.7 Å². The summed E-state index contributed by atoms with van der Waals surface area (Å²) in [7, 11) is 0. The van der Waals surface area contributed by atoms with E-state index in [1.807, 2.05) is 43.3 Å². The summed E-state index contributed by atoms with van der Waals surface area (Å²) in [5, 5.41) is 7.60. The zero-order chi connectivity index (χ0) is 25.5. The van der Waals surface area contributed by atoms with Gasteiger partial charge in [0, 0.05) is 35.1 Å². The van der Waals surface area contributed by atoms with Crippen LogP contribution in [-0.4, -0.2) is 39.1 Å². The summed E-state index contributed by atoms with van der Waals surface area (Å²) in [5.74, 6) is -0.0447. The molecule has 2 aromatic heterocycles. The summed E-state index contributed by atoms with van der Waals surface area (Å²) in [6.45, 7) is 4.62. The third kappa shape index (κ3) is 4.42. The minimum Gasteiger partial charge on any atom is -0.324 e. The van der Waals surface area contributed by atoms with Gasteiger partial charge in [-0.15, -0.1) is 0 Å². The first kappa shape index (κ1) is 22.8. The van der Waals surface area contributed by atoms with Crippen LogP contribution in [0.1, 0.15) is 50.4 Å². The SMILES string of the molecule is Cc1ccc2c(c1)N1CCCCc3ccc(cc3)C(=O)n3cc(cn3)-c3cc(cc(C)n3)C(=O)/N=C/1N2. The van der Waals surface area contributed by atoms with Crippen molar-refractivity contribution < 1.29 is 9.59 Å². The normalized spacial score (nSPS) is 16.7. The number of aryl methyl sites for hydroxylation is 3. The van der Waals surface area contributed by atoms with Crippen molar-refractivity contribution in [3.63, 3.8) is 0 Å². The van der Waals surface area contributed by atoms with Crippen LogP contribution in [0.5, 0.6) is 0 Å². The minimum absolute atomic E-state index is 0.216. The van der Waals surface area contributed by atoms with Crippen LogP contribution in [0.2, 0.25) is 0 Å². The van der Waals surface area contributed by atoms with Crippen molar-refractivity contribution in [2.45, 2.75) is 33.1 Å². The lowest BCUT2D eigenvalue weighted by Crippen LogP contribution is -2.32. The fourth-order valence-electron chi connectivity index (χ4n) is 4.80. The van der Waals surface area contributed by atoms with Gasteiger partial charge in [-0.2, -0.15) is 10.1 Å². The van der Waals surface area contributed by atoms with Gasteiger partial charge in [0.15, 0.2) is 0 Å². The smallest absolute Gasteiger partial charge is 0.280 e. The summed E-state index contributed by atoms with van der Waals surface area (Å²) in [5.41, 5.74) is 7.17. The largest absolute Gasteiger partial charge is 0.324 e. The van der Waals surface area contributed by atoms with Crippen molar-refractivity contribution in [2.75, 3.05) is 16.8 Å². The number of carbonyl (C=O) groups excluding carboxylic acids is 2. The number of aromatic nitrogens is 3. The molecule has 8 nitrogen and oxygen atoms in total. The predicted octanol–water partition coefficient (Wildman–Crippen LogP) is 5.02. The molecule has 6 bridgehead atoms. The Morgan fingerprint density at radius 3 is 2.57 bits per heavy atom. The van der Waals surface area contributed by atoms with E-state index in [2.05, 4.69) is 38.3 Å². The molecular formula is C29H26N6O2. The second-order valence-electron chi connectivity index (χ2n) is 9.55. The number of benzene rings is 2. The zero-order valence-electron chi connectivity index (χ0n) is 20.7. The molecule has 5 heterocycles. The summed E-state index contributed by atoms with van der Waals surface area (Å²) in [4.78, 5) is 37.5. The second-order valence-corrected chi connectivity index (χ2v) is 9.55. The Hall–Kier alpha value is -4.59. The third-order valence-corrected chi connectivity index (χ3v) is 6.74. The molecule has 0 aliphatic carbocycles. The maximum absolute atomic E-state index is 13.4. The summed E-state index contributed by atoms with van der Waals surface area (Å²) in [6, 6.07) is 17.3. The molecule has 0 spiro atoms. The Morgan fingerprint density at radius 1 is 0.892 bits per heavy atom. The Kier molecular flexibility index (Phi) is 5.64. The number of guanidine groups is 1. The monoisotopic (exact) mass is 490 g/mol. The van der Waals surface area contributed by atoms with Gasteiger partial charge >= 0.3 is 0 Å². The first-order chi connectivity index (χ1) is 17.9. The molecule has 0 atom stereocenters. The highest BCUT2D eigenvalue weighted by atomic mass is 16.2. The highest BCUT2D eigenvalue weighted by molar-refractivity contribution is 6.19. The van der Waals surface area contributed by atoms with Crippen LogP contribution in [0.15, 0.2) is 72.0 Å². The van der Waals surface area contributed by atoms with Crippen molar-refractivity contribution in [3.8, 4) is 11.3 Å². The van der Waals surface area contributed by atoms with Crippen molar-refractivity contribution >= 4 is 29.1 Å². The maximum Gasteiger partial charge on any atom is 0.280 e. The lowest BCUT2D eigenvalue weighted by atomic mass is 10.1. The van der Waals surface area contributed by atoms with Crippen molar-refractivity contribution in [1.29, 1.82) is 0 Å². The number of hydrogen-bond donors (Lipinski definition) is 1. The fraction of sp³-hybridized carbons (Fsp3) is 0.207. The van der Waals surface area contributed by atoms with Crippen molar-refractivity contribution in [2.24, 2.45) is 4.99 Å². The van der Waals surface area contributed by atoms with Crippen molar-refractivity contribution in [3.05, 3.63) is 94.9 Å². The summed E-state index contributed by atoms with van der Waals surface area (Å²) < 4.78 is 1.31. The van der Waals surface area contributed by atoms with Gasteiger partial charge in [-0.1, -0.05) is 18.2 Å². The van der Waals surface area contributed by atoms with Crippen LogP contribution in [0.25, 0.3) is 11.3 Å². The molecule has 0 saturated heterocycles. The number of nitrogens with one attached hydrogen (secondary N) is 1. The quantitative estimate of drug-likeness (QED) is 0.372. The van der Waals surface area contributed by atoms with Crippen LogP contribution >= 0.6 is 0 Å². The highest BCUT2D eigenvalue weighted by Crippen LogP contribution is 2.34. The molecule has 8 heteroatoms. The highest BCUT2D eigenvalue weighted by Gasteiger charge is 2.26. The first-order valence-electron chi connectivity index (χ1n) is 12.4. The average Bonchev–Trinajstić information content (AvgIpc) is 3.51. The van der Waals surface area contributed by atoms with Gasteiger partial charge in [0.25, 0.3) is 11.8 Å². The molecule has 4 aromatic rings. The van der Waals surface area contributed by atoms with E-state index >= 15 is 0 Å². The van der Waals surface area contributed by atoms with Gasteiger partial charge in [-0.05, 0) is 80.6 Å². The molecule has 0 radical (unpaired) electrons. The molecule has 37 heavy (non-hydrogen) atoms. The van der Waals surface area contributed by atoms with Gasteiger partial charge in [0.1, 0.15) is 0 Å². The van der Waals surface area contributed by atoms with Crippen LogP contribution < -0.4 is 10.2 Å². The van der Waals surface area contributed by atoms with E-state index in [9.17, 15) is 9.59 Å². The number of rotatable bonds is 0. The molecule has 3 aliphatic heterocycles. The van der Waals surface area contributed by atoms with Crippen LogP contribution in [0.3, 0.4) is 0 Å². The molecule has 0 unspecified atom stereocenters. The first-order valence-corrected chi connectivity index (χ1v) is 12.4. The number of fused-ring (bicyclic) bond motifs is 7. The van der Waals surface area contributed by atoms with Gasteiger partial charge in [0.2, 0.25) is 5.96 Å².